The van der Waals surface area contributed by atoms with Gasteiger partial charge in [0.25, 0.3) is 5.91 Å². The number of Topliss-reactive ketones (excluding diaryl/α,β-unsaturated/α-hetero) is 1. The fraction of sp³-hybridized carbons (Fsp3) is 0.676. The van der Waals surface area contributed by atoms with Gasteiger partial charge in [0.1, 0.15) is 5.78 Å². The maximum atomic E-state index is 14.5. The molecule has 4 rings (SSSR count). The van der Waals surface area contributed by atoms with Crippen molar-refractivity contribution in [1.29, 1.82) is 0 Å². The van der Waals surface area contributed by atoms with Gasteiger partial charge in [-0.2, -0.15) is 5.10 Å². The first kappa shape index (κ1) is 34.2. The Hall–Kier alpha value is -1.67. The number of nitrogens with zero attached hydrogens (tertiary/aromatic N) is 3. The molecule has 43 heavy (non-hydrogen) atoms. The Kier molecular flexibility index (Phi) is 10.9. The third-order valence-electron chi connectivity index (χ3n) is 11.0. The first-order valence-electron chi connectivity index (χ1n) is 16.3. The van der Waals surface area contributed by atoms with Gasteiger partial charge in [0.15, 0.2) is 8.32 Å². The number of rotatable bonds is 13. The van der Waals surface area contributed by atoms with Crippen molar-refractivity contribution in [2.75, 3.05) is 13.1 Å². The number of carbonyl (C=O) groups excluding carboxylic acids is 2. The van der Waals surface area contributed by atoms with Crippen LogP contribution in [0.2, 0.25) is 28.2 Å². The van der Waals surface area contributed by atoms with Gasteiger partial charge in [-0.05, 0) is 88.1 Å². The van der Waals surface area contributed by atoms with Crippen molar-refractivity contribution >= 4 is 43.2 Å². The third-order valence-corrected chi connectivity index (χ3v) is 16.3. The molecule has 2 fully saturated rings. The molecule has 1 aromatic heterocycles. The number of carbonyl (C=O) groups is 2. The Morgan fingerprint density at radius 1 is 1.07 bits per heavy atom. The Morgan fingerprint density at radius 2 is 1.65 bits per heavy atom. The average Bonchev–Trinajstić information content (AvgIpc) is 3.35. The van der Waals surface area contributed by atoms with E-state index in [0.29, 0.717) is 28.7 Å². The molecule has 9 heteroatoms. The van der Waals surface area contributed by atoms with E-state index in [2.05, 4.69) is 34.6 Å². The monoisotopic (exact) mass is 647 g/mol. The number of hydrogen-bond donors (Lipinski definition) is 0. The SMILES string of the molecule is CC[Si](CC)(CC)OC(CN(CC1(C)CCC1)C(=O)c1cnn(C2CCC(C)(C(C)=O)CC2)c1C)c1c(Cl)cccc1Cl. The summed E-state index contributed by atoms with van der Waals surface area (Å²) in [5.41, 5.74) is 2.12. The highest BCUT2D eigenvalue weighted by molar-refractivity contribution is 6.73. The lowest BCUT2D eigenvalue weighted by molar-refractivity contribution is -0.127. The van der Waals surface area contributed by atoms with E-state index < -0.39 is 14.4 Å². The number of halogens is 2. The fourth-order valence-electron chi connectivity index (χ4n) is 7.13. The van der Waals surface area contributed by atoms with Crippen LogP contribution in [-0.2, 0) is 9.22 Å². The molecule has 6 nitrogen and oxygen atoms in total. The van der Waals surface area contributed by atoms with Gasteiger partial charge in [0.05, 0.1) is 30.5 Å². The van der Waals surface area contributed by atoms with Crippen molar-refractivity contribution in [3.8, 4) is 0 Å². The highest BCUT2D eigenvalue weighted by atomic mass is 35.5. The van der Waals surface area contributed by atoms with E-state index in [-0.39, 0.29) is 28.6 Å². The van der Waals surface area contributed by atoms with E-state index in [1.165, 1.54) is 6.42 Å². The molecule has 0 saturated heterocycles. The summed E-state index contributed by atoms with van der Waals surface area (Å²) in [6.45, 7) is 15.7. The first-order chi connectivity index (χ1) is 20.3. The van der Waals surface area contributed by atoms with Gasteiger partial charge in [-0.3, -0.25) is 14.3 Å². The molecular weight excluding hydrogens is 597 g/mol. The summed E-state index contributed by atoms with van der Waals surface area (Å²) < 4.78 is 9.14. The molecular formula is C34H51Cl2N3O3Si. The maximum absolute atomic E-state index is 14.5. The van der Waals surface area contributed by atoms with Gasteiger partial charge in [0.2, 0.25) is 0 Å². The Balaban J connectivity index is 1.67. The predicted molar refractivity (Wildman–Crippen MR) is 179 cm³/mol. The van der Waals surface area contributed by atoms with Crippen molar-refractivity contribution in [2.45, 2.75) is 124 Å². The van der Waals surface area contributed by atoms with E-state index in [4.69, 9.17) is 32.7 Å². The molecule has 2 aliphatic rings. The molecule has 238 valence electrons. The van der Waals surface area contributed by atoms with Crippen LogP contribution in [0.1, 0.15) is 120 Å². The predicted octanol–water partition coefficient (Wildman–Crippen LogP) is 9.60. The summed E-state index contributed by atoms with van der Waals surface area (Å²) in [6.07, 6.45) is 8.16. The summed E-state index contributed by atoms with van der Waals surface area (Å²) in [6, 6.07) is 8.73. The minimum absolute atomic E-state index is 0.0187. The zero-order valence-electron chi connectivity index (χ0n) is 27.3. The number of aromatic nitrogens is 2. The molecule has 1 heterocycles. The molecule has 1 atom stereocenters. The number of benzene rings is 1. The molecule has 0 aliphatic heterocycles. The lowest BCUT2D eigenvalue weighted by atomic mass is 9.70. The van der Waals surface area contributed by atoms with Crippen LogP contribution in [0, 0.1) is 17.8 Å². The topological polar surface area (TPSA) is 64.4 Å². The van der Waals surface area contributed by atoms with Crippen LogP contribution in [0.5, 0.6) is 0 Å². The second-order valence-electron chi connectivity index (χ2n) is 13.8. The van der Waals surface area contributed by atoms with Crippen molar-refractivity contribution < 1.29 is 14.0 Å². The van der Waals surface area contributed by atoms with Crippen molar-refractivity contribution in [3.63, 3.8) is 0 Å². The third kappa shape index (κ3) is 7.26. The van der Waals surface area contributed by atoms with Crippen LogP contribution >= 0.6 is 23.2 Å². The number of amides is 1. The largest absolute Gasteiger partial charge is 0.408 e. The van der Waals surface area contributed by atoms with E-state index >= 15 is 0 Å². The van der Waals surface area contributed by atoms with Gasteiger partial charge in [-0.25, -0.2) is 0 Å². The summed E-state index contributed by atoms with van der Waals surface area (Å²) in [7, 11) is -2.09. The highest BCUT2D eigenvalue weighted by Crippen LogP contribution is 2.44. The van der Waals surface area contributed by atoms with Crippen molar-refractivity contribution in [3.05, 3.63) is 51.3 Å². The van der Waals surface area contributed by atoms with Crippen LogP contribution in [0.15, 0.2) is 24.4 Å². The molecule has 2 aliphatic carbocycles. The van der Waals surface area contributed by atoms with Crippen molar-refractivity contribution in [1.82, 2.24) is 14.7 Å². The Morgan fingerprint density at radius 3 is 2.14 bits per heavy atom. The van der Waals surface area contributed by atoms with Gasteiger partial charge in [0, 0.05) is 33.3 Å². The minimum Gasteiger partial charge on any atom is -0.408 e. The van der Waals surface area contributed by atoms with Gasteiger partial charge >= 0.3 is 0 Å². The standard InChI is InChI=1S/C34H51Cl2N3O3Si/c1-8-43(9-2,10-3)42-30(31-28(35)13-11-14-29(31)36)22-38(23-33(6)17-12-18-33)32(41)27-21-37-39(24(27)4)26-15-19-34(7,20-16-26)25(5)40/h11,13-14,21,26,30H,8-10,12,15-20,22-23H2,1-7H3. The van der Waals surface area contributed by atoms with Crippen LogP contribution in [0.3, 0.4) is 0 Å². The Bertz CT molecular complexity index is 1270. The second kappa shape index (κ2) is 13.8. The summed E-state index contributed by atoms with van der Waals surface area (Å²) in [5, 5.41) is 5.90. The minimum atomic E-state index is -2.09. The van der Waals surface area contributed by atoms with Gasteiger partial charge in [-0.1, -0.05) is 70.3 Å². The lowest BCUT2D eigenvalue weighted by Crippen LogP contribution is -2.47. The molecule has 0 bridgehead atoms. The molecule has 0 spiro atoms. The van der Waals surface area contributed by atoms with Gasteiger partial charge in [-0.15, -0.1) is 0 Å². The normalized spacial score (nSPS) is 22.6. The van der Waals surface area contributed by atoms with Crippen LogP contribution in [-0.4, -0.2) is 47.8 Å². The zero-order valence-corrected chi connectivity index (χ0v) is 29.8. The molecule has 0 N–H and O–H groups in total. The summed E-state index contributed by atoms with van der Waals surface area (Å²) >= 11 is 13.6. The molecule has 2 aromatic rings. The van der Waals surface area contributed by atoms with E-state index in [1.807, 2.05) is 34.7 Å². The fourth-order valence-corrected chi connectivity index (χ4v) is 10.6. The quantitative estimate of drug-likeness (QED) is 0.203. The lowest BCUT2D eigenvalue weighted by Gasteiger charge is -2.44. The van der Waals surface area contributed by atoms with Gasteiger partial charge < -0.3 is 9.33 Å². The Labute approximate surface area is 270 Å². The van der Waals surface area contributed by atoms with Crippen LogP contribution in [0.25, 0.3) is 0 Å². The molecule has 0 radical (unpaired) electrons. The zero-order chi connectivity index (χ0) is 31.6. The first-order valence-corrected chi connectivity index (χ1v) is 19.6. The molecule has 1 amide bonds. The summed E-state index contributed by atoms with van der Waals surface area (Å²) in [4.78, 5) is 28.7. The second-order valence-corrected chi connectivity index (χ2v) is 19.3. The average molecular weight is 649 g/mol. The number of ketones is 1. The smallest absolute Gasteiger partial charge is 0.257 e. The van der Waals surface area contributed by atoms with E-state index in [0.717, 1.165) is 67.9 Å². The number of hydrogen-bond acceptors (Lipinski definition) is 4. The maximum Gasteiger partial charge on any atom is 0.257 e. The van der Waals surface area contributed by atoms with E-state index in [9.17, 15) is 9.59 Å². The van der Waals surface area contributed by atoms with Crippen molar-refractivity contribution in [2.24, 2.45) is 10.8 Å². The highest BCUT2D eigenvalue weighted by Gasteiger charge is 2.41. The van der Waals surface area contributed by atoms with Crippen LogP contribution < -0.4 is 0 Å². The molecule has 1 aromatic carbocycles. The van der Waals surface area contributed by atoms with E-state index in [1.54, 1.807) is 13.1 Å². The van der Waals surface area contributed by atoms with Crippen LogP contribution in [0.4, 0.5) is 0 Å². The molecule has 1 unspecified atom stereocenters. The molecule has 2 saturated carbocycles. The summed E-state index contributed by atoms with van der Waals surface area (Å²) in [5.74, 6) is 0.241.